The summed E-state index contributed by atoms with van der Waals surface area (Å²) >= 11 is 0. The first kappa shape index (κ1) is 16.0. The van der Waals surface area contributed by atoms with Gasteiger partial charge < -0.3 is 20.3 Å². The quantitative estimate of drug-likeness (QED) is 0.602. The van der Waals surface area contributed by atoms with Gasteiger partial charge in [-0.3, -0.25) is 9.59 Å². The second kappa shape index (κ2) is 6.91. The minimum absolute atomic E-state index is 0.117. The number of rotatable bonds is 6. The number of hydrogen-bond acceptors (Lipinski definition) is 5. The van der Waals surface area contributed by atoms with E-state index in [0.717, 1.165) is 11.1 Å². The Morgan fingerprint density at radius 3 is 2.55 bits per heavy atom. The molecule has 0 bridgehead atoms. The summed E-state index contributed by atoms with van der Waals surface area (Å²) in [5.41, 5.74) is 7.35. The Morgan fingerprint density at radius 2 is 2.05 bits per heavy atom. The summed E-state index contributed by atoms with van der Waals surface area (Å²) in [5, 5.41) is 8.70. The molecule has 1 atom stereocenters. The molecule has 20 heavy (non-hydrogen) atoms. The third kappa shape index (κ3) is 4.55. The van der Waals surface area contributed by atoms with Crippen LogP contribution < -0.4 is 15.2 Å². The Bertz CT molecular complexity index is 513. The van der Waals surface area contributed by atoms with Gasteiger partial charge in [0.2, 0.25) is 0 Å². The van der Waals surface area contributed by atoms with Crippen molar-refractivity contribution in [3.63, 3.8) is 0 Å². The average Bonchev–Trinajstić information content (AvgIpc) is 2.26. The number of esters is 1. The summed E-state index contributed by atoms with van der Waals surface area (Å²) in [5.74, 6) is -0.592. The molecule has 110 valence electrons. The van der Waals surface area contributed by atoms with Gasteiger partial charge in [-0.25, -0.2) is 0 Å². The first-order valence-electron chi connectivity index (χ1n) is 6.16. The Balaban J connectivity index is 3.01. The van der Waals surface area contributed by atoms with Crippen molar-refractivity contribution in [3.8, 4) is 11.5 Å². The van der Waals surface area contributed by atoms with Gasteiger partial charge in [0.25, 0.3) is 0 Å². The lowest BCUT2D eigenvalue weighted by molar-refractivity contribution is -0.137. The van der Waals surface area contributed by atoms with Crippen molar-refractivity contribution in [2.45, 2.75) is 32.7 Å². The van der Waals surface area contributed by atoms with Crippen molar-refractivity contribution in [1.29, 1.82) is 0 Å². The number of carboxylic acid groups (broad SMARTS) is 1. The smallest absolute Gasteiger partial charge is 0.308 e. The molecule has 0 aliphatic carbocycles. The van der Waals surface area contributed by atoms with Gasteiger partial charge in [0.15, 0.2) is 11.5 Å². The predicted octanol–water partition coefficient (Wildman–Crippen LogP) is 1.27. The number of aliphatic carboxylic acids is 1. The summed E-state index contributed by atoms with van der Waals surface area (Å²) in [6.45, 7) is 3.12. The number of nitrogens with two attached hydrogens (primary N) is 1. The van der Waals surface area contributed by atoms with E-state index in [9.17, 15) is 9.59 Å². The lowest BCUT2D eigenvalue weighted by Gasteiger charge is -2.15. The van der Waals surface area contributed by atoms with Crippen LogP contribution in [0.5, 0.6) is 11.5 Å². The molecule has 0 aliphatic heterocycles. The molecule has 0 heterocycles. The molecule has 0 fully saturated rings. The molecule has 0 saturated heterocycles. The van der Waals surface area contributed by atoms with Crippen molar-refractivity contribution in [1.82, 2.24) is 0 Å². The minimum atomic E-state index is -0.942. The highest BCUT2D eigenvalue weighted by atomic mass is 16.6. The zero-order valence-corrected chi connectivity index (χ0v) is 11.8. The van der Waals surface area contributed by atoms with E-state index in [4.69, 9.17) is 20.3 Å². The molecule has 1 aromatic rings. The summed E-state index contributed by atoms with van der Waals surface area (Å²) in [4.78, 5) is 21.7. The van der Waals surface area contributed by atoms with Crippen LogP contribution in [0.3, 0.4) is 0 Å². The Morgan fingerprint density at radius 1 is 1.40 bits per heavy atom. The standard InChI is InChI=1S/C14H19NO5/c1-8-4-10(5-11(15)7-13(17)18)6-12(14(8)19-3)20-9(2)16/h4,6,11H,5,7,15H2,1-3H3,(H,17,18). The average molecular weight is 281 g/mol. The number of carboxylic acids is 1. The number of carbonyl (C=O) groups excluding carboxylic acids is 1. The molecule has 6 nitrogen and oxygen atoms in total. The maximum atomic E-state index is 11.1. The van der Waals surface area contributed by atoms with E-state index < -0.39 is 18.0 Å². The first-order chi connectivity index (χ1) is 9.33. The molecule has 1 aromatic carbocycles. The predicted molar refractivity (Wildman–Crippen MR) is 73.0 cm³/mol. The summed E-state index contributed by atoms with van der Waals surface area (Å²) in [7, 11) is 1.49. The minimum Gasteiger partial charge on any atom is -0.493 e. The highest BCUT2D eigenvalue weighted by Gasteiger charge is 2.15. The van der Waals surface area contributed by atoms with Gasteiger partial charge >= 0.3 is 11.9 Å². The Labute approximate surface area is 117 Å². The number of benzene rings is 1. The molecular weight excluding hydrogens is 262 g/mol. The molecule has 0 saturated carbocycles. The second-order valence-electron chi connectivity index (χ2n) is 4.60. The van der Waals surface area contributed by atoms with Gasteiger partial charge in [-0.15, -0.1) is 0 Å². The van der Waals surface area contributed by atoms with Gasteiger partial charge in [0.05, 0.1) is 13.5 Å². The second-order valence-corrected chi connectivity index (χ2v) is 4.60. The Kier molecular flexibility index (Phi) is 5.52. The molecule has 1 rings (SSSR count). The summed E-state index contributed by atoms with van der Waals surface area (Å²) in [6, 6.07) is 2.99. The zero-order valence-electron chi connectivity index (χ0n) is 11.8. The molecule has 6 heteroatoms. The number of hydrogen-bond donors (Lipinski definition) is 2. The fraction of sp³-hybridized carbons (Fsp3) is 0.429. The number of aryl methyl sites for hydroxylation is 1. The molecule has 0 aromatic heterocycles. The van der Waals surface area contributed by atoms with Crippen molar-refractivity contribution in [3.05, 3.63) is 23.3 Å². The van der Waals surface area contributed by atoms with E-state index in [1.807, 2.05) is 13.0 Å². The van der Waals surface area contributed by atoms with Crippen LogP contribution in [0.15, 0.2) is 12.1 Å². The van der Waals surface area contributed by atoms with Crippen LogP contribution in [0.25, 0.3) is 0 Å². The van der Waals surface area contributed by atoms with E-state index in [0.29, 0.717) is 17.9 Å². The lowest BCUT2D eigenvalue weighted by Crippen LogP contribution is -2.26. The highest BCUT2D eigenvalue weighted by molar-refractivity contribution is 5.71. The molecule has 0 amide bonds. The van der Waals surface area contributed by atoms with Gasteiger partial charge in [0.1, 0.15) is 0 Å². The SMILES string of the molecule is COc1c(C)cc(CC(N)CC(=O)O)cc1OC(C)=O. The van der Waals surface area contributed by atoms with Crippen LogP contribution in [0.4, 0.5) is 0 Å². The Hall–Kier alpha value is -2.08. The maximum Gasteiger partial charge on any atom is 0.308 e. The monoisotopic (exact) mass is 281 g/mol. The zero-order chi connectivity index (χ0) is 15.3. The van der Waals surface area contributed by atoms with E-state index in [-0.39, 0.29) is 6.42 Å². The summed E-state index contributed by atoms with van der Waals surface area (Å²) in [6.07, 6.45) is 0.263. The molecule has 3 N–H and O–H groups in total. The van der Waals surface area contributed by atoms with Crippen LogP contribution in [0.2, 0.25) is 0 Å². The van der Waals surface area contributed by atoms with Gasteiger partial charge in [-0.2, -0.15) is 0 Å². The van der Waals surface area contributed by atoms with Crippen molar-refractivity contribution in [2.24, 2.45) is 5.73 Å². The van der Waals surface area contributed by atoms with E-state index in [2.05, 4.69) is 0 Å². The van der Waals surface area contributed by atoms with Gasteiger partial charge in [-0.1, -0.05) is 6.07 Å². The number of methoxy groups -OCH3 is 1. The van der Waals surface area contributed by atoms with Crippen molar-refractivity contribution >= 4 is 11.9 Å². The van der Waals surface area contributed by atoms with E-state index in [1.165, 1.54) is 14.0 Å². The topological polar surface area (TPSA) is 98.8 Å². The molecule has 0 spiro atoms. The first-order valence-corrected chi connectivity index (χ1v) is 6.16. The molecule has 0 aliphatic rings. The van der Waals surface area contributed by atoms with Crippen molar-refractivity contribution < 1.29 is 24.2 Å². The van der Waals surface area contributed by atoms with E-state index >= 15 is 0 Å². The fourth-order valence-electron chi connectivity index (χ4n) is 2.02. The van der Waals surface area contributed by atoms with Crippen LogP contribution in [-0.4, -0.2) is 30.2 Å². The largest absolute Gasteiger partial charge is 0.493 e. The number of carbonyl (C=O) groups is 2. The van der Waals surface area contributed by atoms with Crippen LogP contribution >= 0.6 is 0 Å². The van der Waals surface area contributed by atoms with Crippen LogP contribution in [0, 0.1) is 6.92 Å². The van der Waals surface area contributed by atoms with E-state index in [1.54, 1.807) is 6.07 Å². The van der Waals surface area contributed by atoms with Gasteiger partial charge in [-0.05, 0) is 30.5 Å². The molecular formula is C14H19NO5. The lowest BCUT2D eigenvalue weighted by atomic mass is 10.0. The van der Waals surface area contributed by atoms with Crippen molar-refractivity contribution in [2.75, 3.05) is 7.11 Å². The van der Waals surface area contributed by atoms with Gasteiger partial charge in [0, 0.05) is 13.0 Å². The molecule has 1 unspecified atom stereocenters. The van der Waals surface area contributed by atoms with Crippen LogP contribution in [0.1, 0.15) is 24.5 Å². The third-order valence-electron chi connectivity index (χ3n) is 2.69. The fourth-order valence-corrected chi connectivity index (χ4v) is 2.02. The molecule has 0 radical (unpaired) electrons. The third-order valence-corrected chi connectivity index (χ3v) is 2.69. The number of ether oxygens (including phenoxy) is 2. The highest BCUT2D eigenvalue weighted by Crippen LogP contribution is 2.32. The van der Waals surface area contributed by atoms with Crippen LogP contribution in [-0.2, 0) is 16.0 Å². The maximum absolute atomic E-state index is 11.1. The normalized spacial score (nSPS) is 11.8. The summed E-state index contributed by atoms with van der Waals surface area (Å²) < 4.78 is 10.3.